The lowest BCUT2D eigenvalue weighted by Gasteiger charge is -2.39. The molecule has 1 heterocycles. The number of carbonyl (C=O) groups excluding carboxylic acids is 1. The number of rotatable bonds is 2. The molecule has 1 amide bonds. The lowest BCUT2D eigenvalue weighted by atomic mass is 9.89. The lowest BCUT2D eigenvalue weighted by Crippen LogP contribution is -2.44. The van der Waals surface area contributed by atoms with E-state index in [-0.39, 0.29) is 18.1 Å². The molecule has 1 aliphatic heterocycles. The van der Waals surface area contributed by atoms with Gasteiger partial charge in [0.2, 0.25) is 5.91 Å². The first-order valence-electron chi connectivity index (χ1n) is 6.94. The van der Waals surface area contributed by atoms with Crippen LogP contribution in [0.2, 0.25) is 0 Å². The zero-order valence-corrected chi connectivity index (χ0v) is 12.7. The Hall–Kier alpha value is -1.91. The Kier molecular flexibility index (Phi) is 3.78. The molecule has 1 aromatic rings. The van der Waals surface area contributed by atoms with Gasteiger partial charge in [-0.2, -0.15) is 0 Å². The van der Waals surface area contributed by atoms with Gasteiger partial charge in [-0.25, -0.2) is 4.39 Å². The van der Waals surface area contributed by atoms with Crippen molar-refractivity contribution in [3.63, 3.8) is 0 Å². The summed E-state index contributed by atoms with van der Waals surface area (Å²) in [5, 5.41) is 9.44. The summed E-state index contributed by atoms with van der Waals surface area (Å²) in [6, 6.07) is 3.71. The number of aliphatic carboxylic acids is 1. The van der Waals surface area contributed by atoms with Crippen molar-refractivity contribution in [3.05, 3.63) is 35.1 Å². The number of amides is 1. The van der Waals surface area contributed by atoms with Crippen molar-refractivity contribution in [1.82, 2.24) is 4.90 Å². The van der Waals surface area contributed by atoms with Gasteiger partial charge in [0.25, 0.3) is 0 Å². The van der Waals surface area contributed by atoms with Crippen molar-refractivity contribution in [2.24, 2.45) is 5.92 Å². The van der Waals surface area contributed by atoms with Crippen LogP contribution in [0.3, 0.4) is 0 Å². The number of hydrogen-bond acceptors (Lipinski definition) is 2. The molecule has 21 heavy (non-hydrogen) atoms. The van der Waals surface area contributed by atoms with Crippen molar-refractivity contribution in [2.45, 2.75) is 45.7 Å². The Morgan fingerprint density at radius 1 is 1.38 bits per heavy atom. The fraction of sp³-hybridized carbons (Fsp3) is 0.500. The van der Waals surface area contributed by atoms with Gasteiger partial charge in [0, 0.05) is 12.0 Å². The molecule has 2 atom stereocenters. The van der Waals surface area contributed by atoms with E-state index in [9.17, 15) is 19.1 Å². The fourth-order valence-electron chi connectivity index (χ4n) is 3.07. The number of likely N-dealkylation sites (tertiary alicyclic amines) is 1. The molecule has 1 N–H and O–H groups in total. The van der Waals surface area contributed by atoms with Crippen LogP contribution in [-0.4, -0.2) is 27.4 Å². The van der Waals surface area contributed by atoms with Gasteiger partial charge in [-0.3, -0.25) is 9.59 Å². The van der Waals surface area contributed by atoms with E-state index < -0.39 is 23.5 Å². The number of halogens is 1. The van der Waals surface area contributed by atoms with Crippen LogP contribution in [-0.2, 0) is 9.59 Å². The summed E-state index contributed by atoms with van der Waals surface area (Å²) >= 11 is 0. The van der Waals surface area contributed by atoms with E-state index in [2.05, 4.69) is 0 Å². The van der Waals surface area contributed by atoms with Gasteiger partial charge >= 0.3 is 5.97 Å². The molecule has 0 saturated carbocycles. The van der Waals surface area contributed by atoms with Gasteiger partial charge in [0.1, 0.15) is 5.82 Å². The monoisotopic (exact) mass is 293 g/mol. The largest absolute Gasteiger partial charge is 0.481 e. The van der Waals surface area contributed by atoms with Crippen molar-refractivity contribution in [1.29, 1.82) is 0 Å². The van der Waals surface area contributed by atoms with E-state index in [1.807, 2.05) is 20.8 Å². The van der Waals surface area contributed by atoms with Crippen LogP contribution in [0, 0.1) is 18.7 Å². The number of aryl methyl sites for hydroxylation is 1. The Morgan fingerprint density at radius 2 is 2.00 bits per heavy atom. The van der Waals surface area contributed by atoms with Crippen LogP contribution in [0.25, 0.3) is 0 Å². The van der Waals surface area contributed by atoms with Gasteiger partial charge in [0.15, 0.2) is 0 Å². The molecule has 0 aromatic heterocycles. The highest BCUT2D eigenvalue weighted by atomic mass is 19.1. The fourth-order valence-corrected chi connectivity index (χ4v) is 3.07. The van der Waals surface area contributed by atoms with Gasteiger partial charge in [-0.1, -0.05) is 6.07 Å². The predicted octanol–water partition coefficient (Wildman–Crippen LogP) is 2.91. The minimum Gasteiger partial charge on any atom is -0.481 e. The molecule has 2 rings (SSSR count). The van der Waals surface area contributed by atoms with Crippen LogP contribution < -0.4 is 0 Å². The van der Waals surface area contributed by atoms with Crippen molar-refractivity contribution < 1.29 is 19.1 Å². The second kappa shape index (κ2) is 5.13. The molecular formula is C16H20FNO3. The number of carboxylic acid groups (broad SMARTS) is 1. The molecule has 0 radical (unpaired) electrons. The van der Waals surface area contributed by atoms with Crippen molar-refractivity contribution >= 4 is 11.9 Å². The predicted molar refractivity (Wildman–Crippen MR) is 76.2 cm³/mol. The molecule has 1 aliphatic rings. The SMILES string of the molecule is Cc1cc(F)ccc1C1C(C(=O)O)CC(=O)N1C(C)(C)C. The first kappa shape index (κ1) is 15.5. The molecule has 1 saturated heterocycles. The van der Waals surface area contributed by atoms with E-state index in [1.54, 1.807) is 17.9 Å². The molecule has 1 fully saturated rings. The van der Waals surface area contributed by atoms with Gasteiger partial charge in [-0.05, 0) is 51.0 Å². The highest BCUT2D eigenvalue weighted by Gasteiger charge is 2.48. The molecule has 0 aliphatic carbocycles. The van der Waals surface area contributed by atoms with Gasteiger partial charge < -0.3 is 10.0 Å². The van der Waals surface area contributed by atoms with Crippen LogP contribution >= 0.6 is 0 Å². The summed E-state index contributed by atoms with van der Waals surface area (Å²) in [6.07, 6.45) is -0.0198. The number of carboxylic acids is 1. The molecule has 114 valence electrons. The maximum Gasteiger partial charge on any atom is 0.309 e. The van der Waals surface area contributed by atoms with Gasteiger partial charge in [0.05, 0.1) is 12.0 Å². The van der Waals surface area contributed by atoms with E-state index in [4.69, 9.17) is 0 Å². The maximum atomic E-state index is 13.3. The normalized spacial score (nSPS) is 22.7. The van der Waals surface area contributed by atoms with Crippen molar-refractivity contribution in [2.75, 3.05) is 0 Å². The first-order chi connectivity index (χ1) is 9.62. The van der Waals surface area contributed by atoms with Crippen LogP contribution in [0.15, 0.2) is 18.2 Å². The number of hydrogen-bond donors (Lipinski definition) is 1. The topological polar surface area (TPSA) is 57.6 Å². The van der Waals surface area contributed by atoms with Crippen LogP contribution in [0.4, 0.5) is 4.39 Å². The number of carbonyl (C=O) groups is 2. The van der Waals surface area contributed by atoms with Crippen LogP contribution in [0.1, 0.15) is 44.4 Å². The third-order valence-electron chi connectivity index (χ3n) is 3.91. The highest BCUT2D eigenvalue weighted by molar-refractivity contribution is 5.88. The third kappa shape index (κ3) is 2.77. The molecule has 4 nitrogen and oxygen atoms in total. The third-order valence-corrected chi connectivity index (χ3v) is 3.91. The highest BCUT2D eigenvalue weighted by Crippen LogP contribution is 2.43. The minimum atomic E-state index is -0.996. The van der Waals surface area contributed by atoms with E-state index in [0.717, 1.165) is 0 Å². The molecule has 1 aromatic carbocycles. The standard InChI is InChI=1S/C16H20FNO3/c1-9-7-10(17)5-6-11(9)14-12(15(20)21)8-13(19)18(14)16(2,3)4/h5-7,12,14H,8H2,1-4H3,(H,20,21). The van der Waals surface area contributed by atoms with E-state index in [1.165, 1.54) is 12.1 Å². The zero-order chi connectivity index (χ0) is 15.9. The molecular weight excluding hydrogens is 273 g/mol. The minimum absolute atomic E-state index is 0.0198. The Balaban J connectivity index is 2.57. The zero-order valence-electron chi connectivity index (χ0n) is 12.7. The molecule has 5 heteroatoms. The second-order valence-corrected chi connectivity index (χ2v) is 6.53. The average Bonchev–Trinajstić information content (AvgIpc) is 2.66. The summed E-state index contributed by atoms with van der Waals surface area (Å²) in [5.74, 6) is -2.34. The summed E-state index contributed by atoms with van der Waals surface area (Å²) < 4.78 is 13.3. The summed E-state index contributed by atoms with van der Waals surface area (Å²) in [7, 11) is 0. The summed E-state index contributed by atoms with van der Waals surface area (Å²) in [5.41, 5.74) is 0.868. The van der Waals surface area contributed by atoms with Crippen molar-refractivity contribution in [3.8, 4) is 0 Å². The summed E-state index contributed by atoms with van der Waals surface area (Å²) in [6.45, 7) is 7.37. The van der Waals surface area contributed by atoms with E-state index >= 15 is 0 Å². The Labute approximate surface area is 123 Å². The molecule has 0 bridgehead atoms. The Bertz CT molecular complexity index is 592. The number of nitrogens with zero attached hydrogens (tertiary/aromatic N) is 1. The van der Waals surface area contributed by atoms with Crippen LogP contribution in [0.5, 0.6) is 0 Å². The Morgan fingerprint density at radius 3 is 2.48 bits per heavy atom. The summed E-state index contributed by atoms with van der Waals surface area (Å²) in [4.78, 5) is 25.4. The lowest BCUT2D eigenvalue weighted by molar-refractivity contribution is -0.142. The second-order valence-electron chi connectivity index (χ2n) is 6.53. The first-order valence-corrected chi connectivity index (χ1v) is 6.94. The smallest absolute Gasteiger partial charge is 0.309 e. The maximum absolute atomic E-state index is 13.3. The number of benzene rings is 1. The molecule has 0 spiro atoms. The average molecular weight is 293 g/mol. The van der Waals surface area contributed by atoms with Gasteiger partial charge in [-0.15, -0.1) is 0 Å². The van der Waals surface area contributed by atoms with E-state index in [0.29, 0.717) is 11.1 Å². The molecule has 2 unspecified atom stereocenters. The quantitative estimate of drug-likeness (QED) is 0.912.